The molecule has 2 aliphatic rings. The summed E-state index contributed by atoms with van der Waals surface area (Å²) in [5, 5.41) is 2.23. The second-order valence-corrected chi connectivity index (χ2v) is 7.15. The number of carbonyl (C=O) groups is 3. The van der Waals surface area contributed by atoms with Crippen LogP contribution in [0.5, 0.6) is 0 Å². The molecular weight excluding hydrogens is 387 g/mol. The van der Waals surface area contributed by atoms with E-state index in [-0.39, 0.29) is 42.6 Å². The van der Waals surface area contributed by atoms with E-state index in [9.17, 15) is 27.6 Å². The Morgan fingerprint density at radius 1 is 1.14 bits per heavy atom. The van der Waals surface area contributed by atoms with E-state index in [4.69, 9.17) is 0 Å². The zero-order chi connectivity index (χ0) is 20.9. The molecule has 0 aliphatic carbocycles. The fourth-order valence-electron chi connectivity index (χ4n) is 3.71. The second-order valence-electron chi connectivity index (χ2n) is 7.15. The van der Waals surface area contributed by atoms with Crippen molar-refractivity contribution in [3.8, 4) is 11.3 Å². The van der Waals surface area contributed by atoms with Gasteiger partial charge in [-0.15, -0.1) is 0 Å². The first-order chi connectivity index (χ1) is 13.6. The van der Waals surface area contributed by atoms with Crippen molar-refractivity contribution in [3.05, 3.63) is 52.7 Å². The van der Waals surface area contributed by atoms with Gasteiger partial charge in [0.1, 0.15) is 6.04 Å². The molecule has 0 bridgehead atoms. The fraction of sp³-hybridized carbons (Fsp3) is 0.300. The third-order valence-corrected chi connectivity index (χ3v) is 5.10. The minimum absolute atomic E-state index is 0.145. The quantitative estimate of drug-likeness (QED) is 0.783. The fourth-order valence-corrected chi connectivity index (χ4v) is 3.71. The number of halogens is 3. The number of imide groups is 1. The highest BCUT2D eigenvalue weighted by atomic mass is 19.4. The number of rotatable bonds is 2. The molecule has 1 aromatic heterocycles. The van der Waals surface area contributed by atoms with Crippen molar-refractivity contribution < 1.29 is 27.6 Å². The number of aryl methyl sites for hydroxylation is 1. The number of alkyl halides is 3. The largest absolute Gasteiger partial charge is 0.416 e. The molecule has 1 fully saturated rings. The monoisotopic (exact) mass is 403 g/mol. The Morgan fingerprint density at radius 3 is 2.59 bits per heavy atom. The Kier molecular flexibility index (Phi) is 4.40. The standard InChI is InChI=1S/C20H16F3N3O3/c1-10-6-13(20(21,22)23)8-15(24-10)11-2-3-14-12(7-11)9-26(19(14)29)16-4-5-17(27)25-18(16)28/h2-3,6-8,16H,4-5,9H2,1H3,(H,25,27,28). The van der Waals surface area contributed by atoms with E-state index in [1.807, 2.05) is 0 Å². The van der Waals surface area contributed by atoms with E-state index < -0.39 is 23.7 Å². The van der Waals surface area contributed by atoms with Gasteiger partial charge in [-0.1, -0.05) is 6.07 Å². The summed E-state index contributed by atoms with van der Waals surface area (Å²) in [6, 6.07) is 5.92. The first-order valence-electron chi connectivity index (χ1n) is 8.97. The van der Waals surface area contributed by atoms with E-state index in [1.54, 1.807) is 12.1 Å². The van der Waals surface area contributed by atoms with E-state index in [0.717, 1.165) is 12.1 Å². The van der Waals surface area contributed by atoms with Crippen LogP contribution in [0.25, 0.3) is 11.3 Å². The van der Waals surface area contributed by atoms with Gasteiger partial charge in [-0.2, -0.15) is 13.2 Å². The SMILES string of the molecule is Cc1cc(C(F)(F)F)cc(-c2ccc3c(c2)CN(C2CCC(=O)NC2=O)C3=O)n1. The van der Waals surface area contributed by atoms with Crippen LogP contribution >= 0.6 is 0 Å². The van der Waals surface area contributed by atoms with Crippen LogP contribution < -0.4 is 5.32 Å². The molecule has 0 radical (unpaired) electrons. The van der Waals surface area contributed by atoms with Crippen molar-refractivity contribution in [2.45, 2.75) is 38.5 Å². The van der Waals surface area contributed by atoms with Crippen LogP contribution in [0.1, 0.15) is 40.0 Å². The summed E-state index contributed by atoms with van der Waals surface area (Å²) in [7, 11) is 0. The first kappa shape index (κ1) is 19.1. The van der Waals surface area contributed by atoms with Gasteiger partial charge in [0.25, 0.3) is 5.91 Å². The lowest BCUT2D eigenvalue weighted by Crippen LogP contribution is -2.52. The predicted octanol–water partition coefficient (Wildman–Crippen LogP) is 2.84. The van der Waals surface area contributed by atoms with Gasteiger partial charge < -0.3 is 4.90 Å². The maximum absolute atomic E-state index is 13.1. The average molecular weight is 403 g/mol. The number of amides is 3. The number of hydrogen-bond donors (Lipinski definition) is 1. The van der Waals surface area contributed by atoms with Gasteiger partial charge in [0.05, 0.1) is 11.3 Å². The van der Waals surface area contributed by atoms with Crippen molar-refractivity contribution in [1.82, 2.24) is 15.2 Å². The van der Waals surface area contributed by atoms with Gasteiger partial charge in [-0.05, 0) is 43.2 Å². The van der Waals surface area contributed by atoms with Crippen LogP contribution in [0, 0.1) is 6.92 Å². The maximum atomic E-state index is 13.1. The topological polar surface area (TPSA) is 79.4 Å². The normalized spacial score (nSPS) is 19.4. The molecule has 1 N–H and O–H groups in total. The Balaban J connectivity index is 1.66. The van der Waals surface area contributed by atoms with Gasteiger partial charge in [0.2, 0.25) is 11.8 Å². The molecule has 1 saturated heterocycles. The van der Waals surface area contributed by atoms with Crippen LogP contribution in [0.15, 0.2) is 30.3 Å². The van der Waals surface area contributed by atoms with E-state index in [2.05, 4.69) is 10.3 Å². The van der Waals surface area contributed by atoms with Gasteiger partial charge in [0.15, 0.2) is 0 Å². The molecule has 2 aromatic rings. The molecule has 3 amide bonds. The molecule has 1 aromatic carbocycles. The van der Waals surface area contributed by atoms with Gasteiger partial charge in [0, 0.05) is 29.8 Å². The minimum Gasteiger partial charge on any atom is -0.322 e. The van der Waals surface area contributed by atoms with Crippen LogP contribution in [0.3, 0.4) is 0 Å². The minimum atomic E-state index is -4.49. The van der Waals surface area contributed by atoms with E-state index in [0.29, 0.717) is 16.7 Å². The Labute approximate surface area is 163 Å². The number of carbonyl (C=O) groups excluding carboxylic acids is 3. The van der Waals surface area contributed by atoms with Crippen LogP contribution in [-0.4, -0.2) is 33.6 Å². The smallest absolute Gasteiger partial charge is 0.322 e. The number of piperidine rings is 1. The predicted molar refractivity (Wildman–Crippen MR) is 95.5 cm³/mol. The summed E-state index contributed by atoms with van der Waals surface area (Å²) >= 11 is 0. The third-order valence-electron chi connectivity index (χ3n) is 5.10. The highest BCUT2D eigenvalue weighted by Gasteiger charge is 2.39. The summed E-state index contributed by atoms with van der Waals surface area (Å²) in [4.78, 5) is 41.7. The number of hydrogen-bond acceptors (Lipinski definition) is 4. The first-order valence-corrected chi connectivity index (χ1v) is 8.97. The number of fused-ring (bicyclic) bond motifs is 1. The van der Waals surface area contributed by atoms with Crippen molar-refractivity contribution in [2.24, 2.45) is 0 Å². The van der Waals surface area contributed by atoms with Crippen molar-refractivity contribution in [2.75, 3.05) is 0 Å². The molecule has 9 heteroatoms. The average Bonchev–Trinajstić information content (AvgIpc) is 2.96. The van der Waals surface area contributed by atoms with Crippen LogP contribution in [0.4, 0.5) is 13.2 Å². The highest BCUT2D eigenvalue weighted by molar-refractivity contribution is 6.05. The van der Waals surface area contributed by atoms with Crippen LogP contribution in [-0.2, 0) is 22.3 Å². The maximum Gasteiger partial charge on any atom is 0.416 e. The molecule has 29 heavy (non-hydrogen) atoms. The summed E-state index contributed by atoms with van der Waals surface area (Å²) in [6.45, 7) is 1.63. The zero-order valence-electron chi connectivity index (χ0n) is 15.3. The molecule has 4 rings (SSSR count). The Hall–Kier alpha value is -3.23. The van der Waals surface area contributed by atoms with Crippen molar-refractivity contribution in [1.29, 1.82) is 0 Å². The summed E-state index contributed by atoms with van der Waals surface area (Å²) < 4.78 is 39.3. The summed E-state index contributed by atoms with van der Waals surface area (Å²) in [6.07, 6.45) is -4.10. The number of nitrogens with zero attached hydrogens (tertiary/aromatic N) is 2. The van der Waals surface area contributed by atoms with Crippen LogP contribution in [0.2, 0.25) is 0 Å². The number of benzene rings is 1. The molecular formula is C20H16F3N3O3. The molecule has 150 valence electrons. The molecule has 1 atom stereocenters. The lowest BCUT2D eigenvalue weighted by molar-refractivity contribution is -0.138. The Bertz CT molecular complexity index is 1050. The number of aromatic nitrogens is 1. The lowest BCUT2D eigenvalue weighted by Gasteiger charge is -2.29. The molecule has 1 unspecified atom stereocenters. The molecule has 0 saturated carbocycles. The summed E-state index contributed by atoms with van der Waals surface area (Å²) in [5.41, 5.74) is 1.05. The highest BCUT2D eigenvalue weighted by Crippen LogP contribution is 2.34. The molecule has 6 nitrogen and oxygen atoms in total. The molecule has 2 aliphatic heterocycles. The third kappa shape index (κ3) is 3.48. The van der Waals surface area contributed by atoms with Crippen molar-refractivity contribution in [3.63, 3.8) is 0 Å². The van der Waals surface area contributed by atoms with Crippen molar-refractivity contribution >= 4 is 17.7 Å². The number of nitrogens with one attached hydrogen (secondary N) is 1. The second kappa shape index (κ2) is 6.68. The van der Waals surface area contributed by atoms with Gasteiger partial charge in [-0.25, -0.2) is 0 Å². The summed E-state index contributed by atoms with van der Waals surface area (Å²) in [5.74, 6) is -1.23. The molecule has 0 spiro atoms. The van der Waals surface area contributed by atoms with E-state index >= 15 is 0 Å². The number of pyridine rings is 1. The molecule has 3 heterocycles. The lowest BCUT2D eigenvalue weighted by atomic mass is 10.0. The van der Waals surface area contributed by atoms with Gasteiger partial charge in [-0.3, -0.25) is 24.7 Å². The zero-order valence-corrected chi connectivity index (χ0v) is 15.3. The van der Waals surface area contributed by atoms with E-state index in [1.165, 1.54) is 17.9 Å². The van der Waals surface area contributed by atoms with Gasteiger partial charge >= 0.3 is 6.18 Å². The Morgan fingerprint density at radius 2 is 1.90 bits per heavy atom.